The van der Waals surface area contributed by atoms with Gasteiger partial charge in [-0.05, 0) is 27.4 Å². The maximum atomic E-state index is 9.83. The average molecular weight is 248 g/mol. The Morgan fingerprint density at radius 3 is 2.83 bits per heavy atom. The van der Waals surface area contributed by atoms with E-state index >= 15 is 0 Å². The first-order chi connectivity index (χ1) is 5.70. The van der Waals surface area contributed by atoms with Crippen LogP contribution in [0.3, 0.4) is 0 Å². The number of nitrogens with one attached hydrogen (secondary N) is 1. The smallest absolute Gasteiger partial charge is 0.0943 e. The Bertz CT molecular complexity index is 282. The normalized spacial score (nSPS) is 20.5. The van der Waals surface area contributed by atoms with Gasteiger partial charge in [0.05, 0.1) is 5.60 Å². The highest BCUT2D eigenvalue weighted by Gasteiger charge is 2.34. The minimum atomic E-state index is -0.493. The SMILES string of the molecule is OC1(Cc2sccc2Br)CNC1. The molecule has 0 saturated carbocycles. The summed E-state index contributed by atoms with van der Waals surface area (Å²) in [6, 6.07) is 2.02. The molecule has 2 rings (SSSR count). The molecule has 0 spiro atoms. The van der Waals surface area contributed by atoms with Crippen LogP contribution in [-0.2, 0) is 6.42 Å². The molecule has 12 heavy (non-hydrogen) atoms. The fourth-order valence-corrected chi connectivity index (χ4v) is 2.92. The third kappa shape index (κ3) is 1.57. The van der Waals surface area contributed by atoms with Gasteiger partial charge in [-0.2, -0.15) is 0 Å². The Morgan fingerprint density at radius 2 is 2.42 bits per heavy atom. The van der Waals surface area contributed by atoms with Crippen molar-refractivity contribution < 1.29 is 5.11 Å². The predicted molar refractivity (Wildman–Crippen MR) is 53.5 cm³/mol. The minimum absolute atomic E-state index is 0.493. The molecule has 4 heteroatoms. The van der Waals surface area contributed by atoms with E-state index in [0.717, 1.165) is 24.0 Å². The van der Waals surface area contributed by atoms with E-state index in [-0.39, 0.29) is 0 Å². The summed E-state index contributed by atoms with van der Waals surface area (Å²) in [6.07, 6.45) is 0.762. The lowest BCUT2D eigenvalue weighted by Gasteiger charge is -2.37. The van der Waals surface area contributed by atoms with E-state index in [0.29, 0.717) is 0 Å². The number of aliphatic hydroxyl groups is 1. The van der Waals surface area contributed by atoms with E-state index < -0.39 is 5.60 Å². The van der Waals surface area contributed by atoms with Crippen LogP contribution >= 0.6 is 27.3 Å². The highest BCUT2D eigenvalue weighted by atomic mass is 79.9. The van der Waals surface area contributed by atoms with Crippen molar-refractivity contribution in [3.05, 3.63) is 20.8 Å². The number of β-amino-alcohol motifs (C(OH)–C–C–N with tert-alkyl or cyclic N) is 1. The number of halogens is 1. The van der Waals surface area contributed by atoms with E-state index in [1.165, 1.54) is 4.88 Å². The fourth-order valence-electron chi connectivity index (χ4n) is 1.29. The Balaban J connectivity index is 2.08. The van der Waals surface area contributed by atoms with Crippen molar-refractivity contribution in [3.63, 3.8) is 0 Å². The van der Waals surface area contributed by atoms with Crippen LogP contribution in [0.15, 0.2) is 15.9 Å². The topological polar surface area (TPSA) is 32.3 Å². The Morgan fingerprint density at radius 1 is 1.67 bits per heavy atom. The first kappa shape index (κ1) is 8.69. The van der Waals surface area contributed by atoms with Crippen molar-refractivity contribution >= 4 is 27.3 Å². The van der Waals surface area contributed by atoms with Crippen LogP contribution in [-0.4, -0.2) is 23.8 Å². The molecule has 1 aromatic rings. The van der Waals surface area contributed by atoms with Crippen LogP contribution in [0.1, 0.15) is 4.88 Å². The molecule has 2 nitrogen and oxygen atoms in total. The standard InChI is InChI=1S/C8H10BrNOS/c9-6-1-2-12-7(6)3-8(11)4-10-5-8/h1-2,10-11H,3-5H2. The Labute approximate surface area is 83.7 Å². The van der Waals surface area contributed by atoms with Gasteiger partial charge in [0.25, 0.3) is 0 Å². The molecule has 0 unspecified atom stereocenters. The molecule has 1 saturated heterocycles. The van der Waals surface area contributed by atoms with Crippen LogP contribution in [0.5, 0.6) is 0 Å². The van der Waals surface area contributed by atoms with Gasteiger partial charge in [-0.1, -0.05) is 0 Å². The Hall–Kier alpha value is 0.1000. The van der Waals surface area contributed by atoms with Gasteiger partial charge in [0.1, 0.15) is 0 Å². The van der Waals surface area contributed by atoms with E-state index in [2.05, 4.69) is 21.2 Å². The molecule has 0 atom stereocenters. The molecular formula is C8H10BrNOS. The molecule has 0 radical (unpaired) electrons. The molecule has 2 N–H and O–H groups in total. The van der Waals surface area contributed by atoms with Gasteiger partial charge in [-0.15, -0.1) is 11.3 Å². The van der Waals surface area contributed by atoms with E-state index in [1.54, 1.807) is 11.3 Å². The predicted octanol–water partition coefficient (Wildman–Crippen LogP) is 1.39. The molecule has 1 fully saturated rings. The van der Waals surface area contributed by atoms with Gasteiger partial charge in [0, 0.05) is 28.9 Å². The van der Waals surface area contributed by atoms with E-state index in [4.69, 9.17) is 0 Å². The number of hydrogen-bond donors (Lipinski definition) is 2. The molecule has 1 aromatic heterocycles. The third-order valence-corrected chi connectivity index (χ3v) is 4.02. The third-order valence-electron chi connectivity index (χ3n) is 2.09. The molecule has 0 amide bonds. The van der Waals surface area contributed by atoms with Gasteiger partial charge in [0.2, 0.25) is 0 Å². The quantitative estimate of drug-likeness (QED) is 0.828. The second kappa shape index (κ2) is 3.10. The van der Waals surface area contributed by atoms with E-state index in [9.17, 15) is 5.11 Å². The lowest BCUT2D eigenvalue weighted by Crippen LogP contribution is -2.60. The first-order valence-corrected chi connectivity index (χ1v) is 5.52. The van der Waals surface area contributed by atoms with Crippen molar-refractivity contribution in [2.24, 2.45) is 0 Å². The zero-order chi connectivity index (χ0) is 8.60. The van der Waals surface area contributed by atoms with Crippen LogP contribution in [0.4, 0.5) is 0 Å². The minimum Gasteiger partial charge on any atom is -0.387 e. The van der Waals surface area contributed by atoms with Crippen molar-refractivity contribution in [3.8, 4) is 0 Å². The summed E-state index contributed by atoms with van der Waals surface area (Å²) in [5.74, 6) is 0. The summed E-state index contributed by atoms with van der Waals surface area (Å²) in [5.41, 5.74) is -0.493. The second-order valence-corrected chi connectivity index (χ2v) is 5.05. The van der Waals surface area contributed by atoms with Crippen LogP contribution in [0, 0.1) is 0 Å². The molecular weight excluding hydrogens is 238 g/mol. The molecule has 66 valence electrons. The second-order valence-electron chi connectivity index (χ2n) is 3.20. The van der Waals surface area contributed by atoms with Crippen molar-refractivity contribution in [2.75, 3.05) is 13.1 Å². The molecule has 0 aliphatic carbocycles. The summed E-state index contributed by atoms with van der Waals surface area (Å²) >= 11 is 5.14. The first-order valence-electron chi connectivity index (χ1n) is 3.85. The van der Waals surface area contributed by atoms with Crippen LogP contribution in [0.2, 0.25) is 0 Å². The molecule has 1 aliphatic rings. The number of hydrogen-bond acceptors (Lipinski definition) is 3. The monoisotopic (exact) mass is 247 g/mol. The van der Waals surface area contributed by atoms with Crippen molar-refractivity contribution in [2.45, 2.75) is 12.0 Å². The lowest BCUT2D eigenvalue weighted by atomic mass is 9.92. The van der Waals surface area contributed by atoms with E-state index in [1.807, 2.05) is 11.4 Å². The summed E-state index contributed by atoms with van der Waals surface area (Å²) in [5, 5.41) is 14.9. The van der Waals surface area contributed by atoms with Crippen molar-refractivity contribution in [1.29, 1.82) is 0 Å². The summed E-state index contributed by atoms with van der Waals surface area (Å²) < 4.78 is 1.12. The molecule has 0 aromatic carbocycles. The van der Waals surface area contributed by atoms with Gasteiger partial charge in [-0.3, -0.25) is 0 Å². The van der Waals surface area contributed by atoms with Crippen LogP contribution in [0.25, 0.3) is 0 Å². The Kier molecular flexibility index (Phi) is 2.25. The summed E-state index contributed by atoms with van der Waals surface area (Å²) in [4.78, 5) is 1.24. The fraction of sp³-hybridized carbons (Fsp3) is 0.500. The van der Waals surface area contributed by atoms with Crippen molar-refractivity contribution in [1.82, 2.24) is 5.32 Å². The van der Waals surface area contributed by atoms with Crippen LogP contribution < -0.4 is 5.32 Å². The lowest BCUT2D eigenvalue weighted by molar-refractivity contribution is -0.00845. The molecule has 2 heterocycles. The largest absolute Gasteiger partial charge is 0.387 e. The number of rotatable bonds is 2. The summed E-state index contributed by atoms with van der Waals surface area (Å²) in [6.45, 7) is 1.44. The highest BCUT2D eigenvalue weighted by Crippen LogP contribution is 2.28. The molecule has 0 bridgehead atoms. The highest BCUT2D eigenvalue weighted by molar-refractivity contribution is 9.10. The maximum Gasteiger partial charge on any atom is 0.0943 e. The zero-order valence-electron chi connectivity index (χ0n) is 6.51. The zero-order valence-corrected chi connectivity index (χ0v) is 8.91. The maximum absolute atomic E-state index is 9.83. The number of thiophene rings is 1. The van der Waals surface area contributed by atoms with Gasteiger partial charge in [0.15, 0.2) is 0 Å². The average Bonchev–Trinajstić information content (AvgIpc) is 2.34. The summed E-state index contributed by atoms with van der Waals surface area (Å²) in [7, 11) is 0. The van der Waals surface area contributed by atoms with Gasteiger partial charge in [-0.25, -0.2) is 0 Å². The molecule has 1 aliphatic heterocycles. The van der Waals surface area contributed by atoms with Gasteiger partial charge < -0.3 is 10.4 Å². The van der Waals surface area contributed by atoms with Gasteiger partial charge >= 0.3 is 0 Å².